The van der Waals surface area contributed by atoms with Crippen molar-refractivity contribution >= 4 is 0 Å². The normalized spacial score (nSPS) is 15.8. The van der Waals surface area contributed by atoms with Crippen molar-refractivity contribution < 1.29 is 4.74 Å². The highest BCUT2D eigenvalue weighted by atomic mass is 16.5. The zero-order valence-corrected chi connectivity index (χ0v) is 8.89. The average molecular weight is 215 g/mol. The van der Waals surface area contributed by atoms with Crippen LogP contribution >= 0.6 is 0 Å². The van der Waals surface area contributed by atoms with Crippen molar-refractivity contribution in [3.05, 3.63) is 36.0 Å². The van der Waals surface area contributed by atoms with Crippen LogP contribution in [0.2, 0.25) is 0 Å². The fraction of sp³-hybridized carbons (Fsp3) is 0.333. The van der Waals surface area contributed by atoms with E-state index < -0.39 is 0 Å². The van der Waals surface area contributed by atoms with Crippen molar-refractivity contribution in [1.29, 1.82) is 0 Å². The number of rotatable bonds is 3. The summed E-state index contributed by atoms with van der Waals surface area (Å²) in [7, 11) is 0. The molecule has 1 aromatic carbocycles. The van der Waals surface area contributed by atoms with E-state index in [9.17, 15) is 0 Å². The zero-order valence-electron chi connectivity index (χ0n) is 8.89. The first-order chi connectivity index (χ1) is 7.92. The molecule has 1 aliphatic carbocycles. The maximum atomic E-state index is 5.57. The Morgan fingerprint density at radius 2 is 2.25 bits per heavy atom. The molecule has 4 nitrogen and oxygen atoms in total. The van der Waals surface area contributed by atoms with Gasteiger partial charge in [-0.3, -0.25) is 0 Å². The fourth-order valence-electron chi connectivity index (χ4n) is 1.93. The van der Waals surface area contributed by atoms with E-state index in [1.807, 2.05) is 12.1 Å². The molecule has 1 aliphatic rings. The van der Waals surface area contributed by atoms with E-state index in [0.29, 0.717) is 5.88 Å². The van der Waals surface area contributed by atoms with Gasteiger partial charge in [0.05, 0.1) is 0 Å². The van der Waals surface area contributed by atoms with Crippen LogP contribution in [0.5, 0.6) is 11.6 Å². The molecule has 3 rings (SSSR count). The lowest BCUT2D eigenvalue weighted by atomic mass is 9.80. The number of ether oxygens (including phenoxy) is 1. The summed E-state index contributed by atoms with van der Waals surface area (Å²) in [5.41, 5.74) is 1.37. The molecule has 1 heterocycles. The van der Waals surface area contributed by atoms with E-state index >= 15 is 0 Å². The van der Waals surface area contributed by atoms with E-state index in [1.54, 1.807) is 6.20 Å². The van der Waals surface area contributed by atoms with E-state index in [0.717, 1.165) is 11.7 Å². The summed E-state index contributed by atoms with van der Waals surface area (Å²) in [5, 5.41) is 10.1. The number of hydrogen-bond acceptors (Lipinski definition) is 3. The van der Waals surface area contributed by atoms with Gasteiger partial charge in [0.2, 0.25) is 0 Å². The van der Waals surface area contributed by atoms with E-state index in [-0.39, 0.29) is 0 Å². The molecule has 0 bridgehead atoms. The molecule has 0 unspecified atom stereocenters. The molecule has 1 fully saturated rings. The van der Waals surface area contributed by atoms with Crippen LogP contribution in [-0.2, 0) is 0 Å². The van der Waals surface area contributed by atoms with Gasteiger partial charge in [-0.15, -0.1) is 5.10 Å². The summed E-state index contributed by atoms with van der Waals surface area (Å²) in [5.74, 6) is 2.06. The lowest BCUT2D eigenvalue weighted by Gasteiger charge is -2.25. The van der Waals surface area contributed by atoms with Gasteiger partial charge in [-0.2, -0.15) is 10.3 Å². The number of H-pyrrole nitrogens is 1. The first-order valence-electron chi connectivity index (χ1n) is 5.55. The van der Waals surface area contributed by atoms with Crippen molar-refractivity contribution in [2.45, 2.75) is 25.2 Å². The van der Waals surface area contributed by atoms with Crippen LogP contribution in [0.1, 0.15) is 30.7 Å². The molecule has 16 heavy (non-hydrogen) atoms. The van der Waals surface area contributed by atoms with Gasteiger partial charge in [-0.05, 0) is 36.5 Å². The van der Waals surface area contributed by atoms with Gasteiger partial charge in [0.15, 0.2) is 0 Å². The van der Waals surface area contributed by atoms with Gasteiger partial charge >= 0.3 is 0 Å². The van der Waals surface area contributed by atoms with Crippen molar-refractivity contribution in [2.75, 3.05) is 0 Å². The highest BCUT2D eigenvalue weighted by Gasteiger charge is 2.19. The second-order valence-corrected chi connectivity index (χ2v) is 4.11. The Morgan fingerprint density at radius 3 is 2.94 bits per heavy atom. The standard InChI is InChI=1S/C12H13N3O/c1-3-9(4-1)10-5-2-6-11(7-10)16-12-8-13-15-14-12/h2,5-9H,1,3-4H2,(H,13,14,15). The maximum absolute atomic E-state index is 5.57. The largest absolute Gasteiger partial charge is 0.436 e. The minimum atomic E-state index is 0.505. The third-order valence-corrected chi connectivity index (χ3v) is 3.05. The van der Waals surface area contributed by atoms with Gasteiger partial charge in [-0.25, -0.2) is 0 Å². The van der Waals surface area contributed by atoms with Crippen molar-refractivity contribution in [3.63, 3.8) is 0 Å². The zero-order chi connectivity index (χ0) is 10.8. The first-order valence-corrected chi connectivity index (χ1v) is 5.55. The Bertz CT molecular complexity index is 463. The summed E-state index contributed by atoms with van der Waals surface area (Å²) in [6.45, 7) is 0. The Hall–Kier alpha value is -1.84. The lowest BCUT2D eigenvalue weighted by molar-refractivity contribution is 0.415. The van der Waals surface area contributed by atoms with E-state index in [1.165, 1.54) is 24.8 Å². The highest BCUT2D eigenvalue weighted by Crippen LogP contribution is 2.37. The minimum absolute atomic E-state index is 0.505. The Kier molecular flexibility index (Phi) is 2.33. The smallest absolute Gasteiger partial charge is 0.258 e. The molecule has 0 radical (unpaired) electrons. The molecule has 0 saturated heterocycles. The van der Waals surface area contributed by atoms with Crippen LogP contribution in [0.4, 0.5) is 0 Å². The molecule has 1 aromatic heterocycles. The summed E-state index contributed by atoms with van der Waals surface area (Å²) < 4.78 is 5.57. The van der Waals surface area contributed by atoms with Crippen LogP contribution in [0.15, 0.2) is 30.5 Å². The topological polar surface area (TPSA) is 50.8 Å². The summed E-state index contributed by atoms with van der Waals surface area (Å²) in [6.07, 6.45) is 5.51. The Balaban J connectivity index is 1.79. The van der Waals surface area contributed by atoms with Crippen molar-refractivity contribution in [2.24, 2.45) is 0 Å². The van der Waals surface area contributed by atoms with Crippen molar-refractivity contribution in [3.8, 4) is 11.6 Å². The Morgan fingerprint density at radius 1 is 1.31 bits per heavy atom. The third kappa shape index (κ3) is 1.78. The van der Waals surface area contributed by atoms with Crippen LogP contribution in [0.3, 0.4) is 0 Å². The molecule has 0 atom stereocenters. The Labute approximate surface area is 93.6 Å². The van der Waals surface area contributed by atoms with Gasteiger partial charge in [0.1, 0.15) is 11.9 Å². The quantitative estimate of drug-likeness (QED) is 0.856. The summed E-state index contributed by atoms with van der Waals surface area (Å²) in [4.78, 5) is 0. The number of benzene rings is 1. The van der Waals surface area contributed by atoms with Gasteiger partial charge < -0.3 is 4.74 Å². The van der Waals surface area contributed by atoms with Gasteiger partial charge in [-0.1, -0.05) is 18.6 Å². The maximum Gasteiger partial charge on any atom is 0.258 e. The second kappa shape index (κ2) is 3.96. The summed E-state index contributed by atoms with van der Waals surface area (Å²) >= 11 is 0. The predicted octanol–water partition coefficient (Wildman–Crippen LogP) is 2.86. The molecule has 0 spiro atoms. The third-order valence-electron chi connectivity index (χ3n) is 3.05. The monoisotopic (exact) mass is 215 g/mol. The minimum Gasteiger partial charge on any atom is -0.436 e. The van der Waals surface area contributed by atoms with E-state index in [2.05, 4.69) is 27.5 Å². The molecule has 82 valence electrons. The summed E-state index contributed by atoms with van der Waals surface area (Å²) in [6, 6.07) is 8.23. The molecule has 1 saturated carbocycles. The highest BCUT2D eigenvalue weighted by molar-refractivity contribution is 5.33. The number of hydrogen-bond donors (Lipinski definition) is 1. The molecule has 1 N–H and O–H groups in total. The fourth-order valence-corrected chi connectivity index (χ4v) is 1.93. The molecule has 0 amide bonds. The average Bonchev–Trinajstić information content (AvgIpc) is 2.68. The van der Waals surface area contributed by atoms with Gasteiger partial charge in [0, 0.05) is 0 Å². The first kappa shape index (κ1) is 9.39. The predicted molar refractivity (Wildman–Crippen MR) is 59.5 cm³/mol. The SMILES string of the molecule is c1cc(Oc2cn[nH]n2)cc(C2CCC2)c1. The van der Waals surface area contributed by atoms with Crippen LogP contribution < -0.4 is 4.74 Å². The number of aromatic nitrogens is 3. The molecule has 0 aliphatic heterocycles. The molecular weight excluding hydrogens is 202 g/mol. The van der Waals surface area contributed by atoms with Crippen LogP contribution in [-0.4, -0.2) is 15.4 Å². The molecule has 2 aromatic rings. The lowest BCUT2D eigenvalue weighted by Crippen LogP contribution is -2.08. The number of nitrogens with one attached hydrogen (secondary N) is 1. The van der Waals surface area contributed by atoms with Crippen molar-refractivity contribution in [1.82, 2.24) is 15.4 Å². The number of aromatic amines is 1. The second-order valence-electron chi connectivity index (χ2n) is 4.11. The van der Waals surface area contributed by atoms with Gasteiger partial charge in [0.25, 0.3) is 5.88 Å². The van der Waals surface area contributed by atoms with Crippen LogP contribution in [0, 0.1) is 0 Å². The van der Waals surface area contributed by atoms with Crippen LogP contribution in [0.25, 0.3) is 0 Å². The molecular formula is C12H13N3O. The van der Waals surface area contributed by atoms with E-state index in [4.69, 9.17) is 4.74 Å². The molecule has 4 heteroatoms. The number of nitrogens with zero attached hydrogens (tertiary/aromatic N) is 2.